The Labute approximate surface area is 130 Å². The first-order valence-electron chi connectivity index (χ1n) is 7.68. The van der Waals surface area contributed by atoms with Crippen LogP contribution >= 0.6 is 0 Å². The SMILES string of the molecule is CCCc1c(C(=O)NCCN2CCCS2(=O)=O)nnn1CC. The quantitative estimate of drug-likeness (QED) is 0.760. The minimum absolute atomic E-state index is 0.201. The van der Waals surface area contributed by atoms with Crippen molar-refractivity contribution >= 4 is 15.9 Å². The first-order valence-corrected chi connectivity index (χ1v) is 9.29. The van der Waals surface area contributed by atoms with Gasteiger partial charge in [-0.05, 0) is 19.8 Å². The summed E-state index contributed by atoms with van der Waals surface area (Å²) in [4.78, 5) is 12.2. The summed E-state index contributed by atoms with van der Waals surface area (Å²) in [7, 11) is -3.12. The molecule has 1 aliphatic rings. The molecule has 1 N–H and O–H groups in total. The largest absolute Gasteiger partial charge is 0.349 e. The number of sulfonamides is 1. The lowest BCUT2D eigenvalue weighted by Crippen LogP contribution is -2.36. The predicted octanol–water partition coefficient (Wildman–Crippen LogP) is 0.0158. The summed E-state index contributed by atoms with van der Waals surface area (Å²) < 4.78 is 26.5. The van der Waals surface area contributed by atoms with Crippen LogP contribution in [0.3, 0.4) is 0 Å². The number of nitrogens with zero attached hydrogens (tertiary/aromatic N) is 4. The Balaban J connectivity index is 1.94. The highest BCUT2D eigenvalue weighted by atomic mass is 32.2. The molecule has 2 rings (SSSR count). The van der Waals surface area contributed by atoms with Crippen LogP contribution in [0.5, 0.6) is 0 Å². The number of amides is 1. The molecular formula is C13H23N5O3S. The van der Waals surface area contributed by atoms with Crippen molar-refractivity contribution in [2.24, 2.45) is 0 Å². The second-order valence-electron chi connectivity index (χ2n) is 5.28. The fourth-order valence-electron chi connectivity index (χ4n) is 2.57. The Bertz CT molecular complexity index is 626. The molecule has 0 spiro atoms. The molecule has 1 aliphatic heterocycles. The highest BCUT2D eigenvalue weighted by molar-refractivity contribution is 7.89. The predicted molar refractivity (Wildman–Crippen MR) is 82.0 cm³/mol. The van der Waals surface area contributed by atoms with E-state index in [2.05, 4.69) is 15.6 Å². The van der Waals surface area contributed by atoms with Crippen LogP contribution in [0.15, 0.2) is 0 Å². The summed E-state index contributed by atoms with van der Waals surface area (Å²) in [5.74, 6) is -0.0911. The molecule has 22 heavy (non-hydrogen) atoms. The van der Waals surface area contributed by atoms with Gasteiger partial charge in [0, 0.05) is 26.2 Å². The van der Waals surface area contributed by atoms with Crippen molar-refractivity contribution in [2.75, 3.05) is 25.4 Å². The molecule has 1 fully saturated rings. The summed E-state index contributed by atoms with van der Waals surface area (Å²) in [5, 5.41) is 10.7. The van der Waals surface area contributed by atoms with Gasteiger partial charge < -0.3 is 5.32 Å². The van der Waals surface area contributed by atoms with E-state index in [0.29, 0.717) is 31.7 Å². The maximum absolute atomic E-state index is 12.2. The van der Waals surface area contributed by atoms with Gasteiger partial charge in [0.25, 0.3) is 5.91 Å². The van der Waals surface area contributed by atoms with Crippen molar-refractivity contribution in [3.8, 4) is 0 Å². The molecule has 2 heterocycles. The van der Waals surface area contributed by atoms with Crippen molar-refractivity contribution in [3.63, 3.8) is 0 Å². The maximum Gasteiger partial charge on any atom is 0.273 e. The van der Waals surface area contributed by atoms with Gasteiger partial charge in [-0.2, -0.15) is 0 Å². The molecule has 124 valence electrons. The lowest BCUT2D eigenvalue weighted by atomic mass is 10.2. The topological polar surface area (TPSA) is 97.2 Å². The monoisotopic (exact) mass is 329 g/mol. The van der Waals surface area contributed by atoms with Gasteiger partial charge in [-0.15, -0.1) is 5.10 Å². The van der Waals surface area contributed by atoms with E-state index < -0.39 is 10.0 Å². The molecule has 0 bridgehead atoms. The van der Waals surface area contributed by atoms with E-state index in [1.165, 1.54) is 4.31 Å². The van der Waals surface area contributed by atoms with Gasteiger partial charge in [0.05, 0.1) is 11.4 Å². The van der Waals surface area contributed by atoms with Crippen LogP contribution in [-0.4, -0.2) is 59.0 Å². The van der Waals surface area contributed by atoms with Crippen LogP contribution in [0.25, 0.3) is 0 Å². The Morgan fingerprint density at radius 2 is 2.14 bits per heavy atom. The van der Waals surface area contributed by atoms with Crippen molar-refractivity contribution in [2.45, 2.75) is 39.7 Å². The molecule has 9 heteroatoms. The van der Waals surface area contributed by atoms with Crippen LogP contribution in [0.1, 0.15) is 42.9 Å². The molecule has 0 saturated carbocycles. The highest BCUT2D eigenvalue weighted by Crippen LogP contribution is 2.12. The van der Waals surface area contributed by atoms with E-state index in [1.54, 1.807) is 4.68 Å². The summed E-state index contributed by atoms with van der Waals surface area (Å²) in [6, 6.07) is 0. The number of hydrogen-bond acceptors (Lipinski definition) is 5. The average molecular weight is 329 g/mol. The van der Waals surface area contributed by atoms with Crippen LogP contribution < -0.4 is 5.32 Å². The summed E-state index contributed by atoms with van der Waals surface area (Å²) in [6.07, 6.45) is 2.30. The zero-order valence-electron chi connectivity index (χ0n) is 13.1. The van der Waals surface area contributed by atoms with Gasteiger partial charge in [-0.25, -0.2) is 17.4 Å². The number of hydrogen-bond donors (Lipinski definition) is 1. The van der Waals surface area contributed by atoms with E-state index in [0.717, 1.165) is 18.5 Å². The van der Waals surface area contributed by atoms with E-state index in [4.69, 9.17) is 0 Å². The fourth-order valence-corrected chi connectivity index (χ4v) is 4.10. The molecule has 0 aromatic carbocycles. The second-order valence-corrected chi connectivity index (χ2v) is 7.36. The average Bonchev–Trinajstić information content (AvgIpc) is 3.03. The van der Waals surface area contributed by atoms with Gasteiger partial charge in [-0.3, -0.25) is 4.79 Å². The lowest BCUT2D eigenvalue weighted by molar-refractivity contribution is 0.0945. The van der Waals surface area contributed by atoms with Crippen LogP contribution in [0.4, 0.5) is 0 Å². The first-order chi connectivity index (χ1) is 10.5. The van der Waals surface area contributed by atoms with E-state index in [9.17, 15) is 13.2 Å². The molecule has 1 aromatic rings. The number of aromatic nitrogens is 3. The maximum atomic E-state index is 12.2. The third-order valence-electron chi connectivity index (χ3n) is 3.69. The minimum Gasteiger partial charge on any atom is -0.349 e. The number of carbonyl (C=O) groups is 1. The zero-order valence-corrected chi connectivity index (χ0v) is 13.9. The second kappa shape index (κ2) is 7.19. The van der Waals surface area contributed by atoms with Crippen molar-refractivity contribution in [1.82, 2.24) is 24.6 Å². The number of carbonyl (C=O) groups excluding carboxylic acids is 1. The van der Waals surface area contributed by atoms with Crippen molar-refractivity contribution in [1.29, 1.82) is 0 Å². The van der Waals surface area contributed by atoms with Crippen LogP contribution in [0, 0.1) is 0 Å². The smallest absolute Gasteiger partial charge is 0.273 e. The minimum atomic E-state index is -3.12. The highest BCUT2D eigenvalue weighted by Gasteiger charge is 2.27. The Kier molecular flexibility index (Phi) is 5.52. The van der Waals surface area contributed by atoms with E-state index in [-0.39, 0.29) is 18.2 Å². The van der Waals surface area contributed by atoms with Gasteiger partial charge >= 0.3 is 0 Å². The zero-order chi connectivity index (χ0) is 16.2. The molecule has 0 radical (unpaired) electrons. The van der Waals surface area contributed by atoms with Gasteiger partial charge in [0.1, 0.15) is 0 Å². The Morgan fingerprint density at radius 1 is 1.36 bits per heavy atom. The van der Waals surface area contributed by atoms with E-state index in [1.807, 2.05) is 13.8 Å². The summed E-state index contributed by atoms with van der Waals surface area (Å²) in [6.45, 7) is 5.77. The first kappa shape index (κ1) is 16.9. The van der Waals surface area contributed by atoms with E-state index >= 15 is 0 Å². The van der Waals surface area contributed by atoms with Gasteiger partial charge in [0.15, 0.2) is 5.69 Å². The molecule has 1 saturated heterocycles. The molecule has 0 aliphatic carbocycles. The fraction of sp³-hybridized carbons (Fsp3) is 0.769. The molecule has 1 amide bonds. The lowest BCUT2D eigenvalue weighted by Gasteiger charge is -2.14. The van der Waals surface area contributed by atoms with Gasteiger partial charge in [-0.1, -0.05) is 18.6 Å². The molecule has 0 unspecified atom stereocenters. The molecule has 8 nitrogen and oxygen atoms in total. The standard InChI is InChI=1S/C13H23N5O3S/c1-3-6-11-12(15-16-18(11)4-2)13(19)14-7-9-17-8-5-10-22(17,20)21/h3-10H2,1-2H3,(H,14,19). The van der Waals surface area contributed by atoms with Crippen molar-refractivity contribution < 1.29 is 13.2 Å². The third kappa shape index (κ3) is 3.64. The third-order valence-corrected chi connectivity index (χ3v) is 5.65. The van der Waals surface area contributed by atoms with Crippen LogP contribution in [0.2, 0.25) is 0 Å². The normalized spacial score (nSPS) is 17.7. The van der Waals surface area contributed by atoms with Gasteiger partial charge in [0.2, 0.25) is 10.0 Å². The number of rotatable bonds is 7. The molecule has 1 aromatic heterocycles. The molecular weight excluding hydrogens is 306 g/mol. The summed E-state index contributed by atoms with van der Waals surface area (Å²) >= 11 is 0. The number of aryl methyl sites for hydroxylation is 1. The Morgan fingerprint density at radius 3 is 2.73 bits per heavy atom. The number of nitrogens with one attached hydrogen (secondary N) is 1. The molecule has 0 atom stereocenters. The van der Waals surface area contributed by atoms with Crippen molar-refractivity contribution in [3.05, 3.63) is 11.4 Å². The van der Waals surface area contributed by atoms with Crippen LogP contribution in [-0.2, 0) is 23.0 Å². The summed E-state index contributed by atoms with van der Waals surface area (Å²) in [5.41, 5.74) is 1.17. The Hall–Kier alpha value is -1.48.